The second kappa shape index (κ2) is 7.97. The molecule has 0 radical (unpaired) electrons. The molecule has 0 aliphatic carbocycles. The molecule has 0 saturated heterocycles. The van der Waals surface area contributed by atoms with Crippen LogP contribution in [0.1, 0.15) is 18.4 Å². The molecule has 1 rings (SSSR count). The molecule has 0 amide bonds. The normalized spacial score (nSPS) is 11.7. The Kier molecular flexibility index (Phi) is 6.27. The molecule has 0 aromatic heterocycles. The molecule has 0 aliphatic rings. The largest absolute Gasteiger partial charge is 0.373 e. The number of nitro benzene ring substituents is 1. The molecule has 1 unspecified atom stereocenters. The highest BCUT2D eigenvalue weighted by molar-refractivity contribution is 5.69. The van der Waals surface area contributed by atoms with Crippen molar-refractivity contribution in [3.8, 4) is 0 Å². The number of hydrogen-bond acceptors (Lipinski definition) is 7. The number of nitrogens with two attached hydrogens (primary N) is 1. The van der Waals surface area contributed by atoms with Gasteiger partial charge in [-0.05, 0) is 24.1 Å². The van der Waals surface area contributed by atoms with Crippen LogP contribution in [-0.4, -0.2) is 23.3 Å². The van der Waals surface area contributed by atoms with Crippen LogP contribution >= 0.6 is 0 Å². The molecular weight excluding hydrogens is 268 g/mol. The summed E-state index contributed by atoms with van der Waals surface area (Å²) in [5.41, 5.74) is 0.662. The average Bonchev–Trinajstić information content (AvgIpc) is 2.47. The highest BCUT2D eigenvalue weighted by Crippen LogP contribution is 2.13. The number of carbonyl (C=O) groups is 2. The van der Waals surface area contributed by atoms with Gasteiger partial charge in [-0.15, -0.1) is 0 Å². The van der Waals surface area contributed by atoms with Crippen molar-refractivity contribution in [2.24, 2.45) is 5.90 Å². The summed E-state index contributed by atoms with van der Waals surface area (Å²) in [6.07, 6.45) is -0.0497. The van der Waals surface area contributed by atoms with Crippen LogP contribution < -0.4 is 5.90 Å². The third-order valence-corrected chi connectivity index (χ3v) is 2.53. The summed E-state index contributed by atoms with van der Waals surface area (Å²) in [5.74, 6) is 4.04. The maximum absolute atomic E-state index is 10.8. The Morgan fingerprint density at radius 1 is 1.40 bits per heavy atom. The molecule has 108 valence electrons. The van der Waals surface area contributed by atoms with E-state index in [2.05, 4.69) is 10.7 Å². The van der Waals surface area contributed by atoms with Crippen LogP contribution in [0.4, 0.5) is 5.69 Å². The minimum absolute atomic E-state index is 0.0219. The Morgan fingerprint density at radius 3 is 2.55 bits per heavy atom. The summed E-state index contributed by atoms with van der Waals surface area (Å²) in [5, 5.41) is 10.5. The standard InChI is InChI=1S/C12H14N2O6/c13-20-12(16)6-5-11(7-15)19-8-9-1-3-10(4-2-9)14(17)18/h1-4,7,11H,5-6,8,13H2. The lowest BCUT2D eigenvalue weighted by atomic mass is 10.2. The maximum Gasteiger partial charge on any atom is 0.324 e. The van der Waals surface area contributed by atoms with Crippen LogP contribution in [0.3, 0.4) is 0 Å². The summed E-state index contributed by atoms with van der Waals surface area (Å²) in [6, 6.07) is 5.77. The summed E-state index contributed by atoms with van der Waals surface area (Å²) in [6.45, 7) is 0.110. The first-order valence-electron chi connectivity index (χ1n) is 5.76. The number of nitro groups is 1. The third kappa shape index (κ3) is 5.12. The molecule has 1 aromatic carbocycles. The first-order valence-corrected chi connectivity index (χ1v) is 5.76. The van der Waals surface area contributed by atoms with Gasteiger partial charge in [0, 0.05) is 12.1 Å². The van der Waals surface area contributed by atoms with Crippen molar-refractivity contribution < 1.29 is 24.1 Å². The summed E-state index contributed by atoms with van der Waals surface area (Å²) in [7, 11) is 0. The van der Waals surface area contributed by atoms with Gasteiger partial charge in [-0.3, -0.25) is 14.9 Å². The monoisotopic (exact) mass is 282 g/mol. The zero-order valence-corrected chi connectivity index (χ0v) is 10.6. The van der Waals surface area contributed by atoms with Crippen molar-refractivity contribution in [3.05, 3.63) is 39.9 Å². The molecular formula is C12H14N2O6. The topological polar surface area (TPSA) is 122 Å². The Bertz CT molecular complexity index is 473. The number of ether oxygens (including phenoxy) is 1. The van der Waals surface area contributed by atoms with Crippen LogP contribution in [-0.2, 0) is 25.8 Å². The fourth-order valence-electron chi connectivity index (χ4n) is 1.43. The van der Waals surface area contributed by atoms with Crippen LogP contribution in [0, 0.1) is 10.1 Å². The molecule has 8 heteroatoms. The van der Waals surface area contributed by atoms with Crippen molar-refractivity contribution in [1.29, 1.82) is 0 Å². The van der Waals surface area contributed by atoms with Gasteiger partial charge in [0.05, 0.1) is 18.0 Å². The second-order valence-electron chi connectivity index (χ2n) is 3.94. The first kappa shape index (κ1) is 15.7. The lowest BCUT2D eigenvalue weighted by molar-refractivity contribution is -0.384. The van der Waals surface area contributed by atoms with Gasteiger partial charge in [-0.2, -0.15) is 5.90 Å². The first-order chi connectivity index (χ1) is 9.56. The minimum atomic E-state index is -0.760. The van der Waals surface area contributed by atoms with Gasteiger partial charge in [0.2, 0.25) is 0 Å². The van der Waals surface area contributed by atoms with Crippen molar-refractivity contribution in [1.82, 2.24) is 0 Å². The summed E-state index contributed by atoms with van der Waals surface area (Å²) >= 11 is 0. The van der Waals surface area contributed by atoms with E-state index in [1.807, 2.05) is 0 Å². The smallest absolute Gasteiger partial charge is 0.324 e. The van der Waals surface area contributed by atoms with Gasteiger partial charge in [0.1, 0.15) is 12.4 Å². The highest BCUT2D eigenvalue weighted by atomic mass is 16.7. The van der Waals surface area contributed by atoms with Crippen molar-refractivity contribution in [3.63, 3.8) is 0 Å². The van der Waals surface area contributed by atoms with E-state index in [9.17, 15) is 19.7 Å². The zero-order chi connectivity index (χ0) is 15.0. The van der Waals surface area contributed by atoms with E-state index in [4.69, 9.17) is 4.74 Å². The van der Waals surface area contributed by atoms with Gasteiger partial charge < -0.3 is 14.4 Å². The van der Waals surface area contributed by atoms with E-state index in [-0.39, 0.29) is 25.1 Å². The van der Waals surface area contributed by atoms with Crippen LogP contribution in [0.2, 0.25) is 0 Å². The molecule has 0 bridgehead atoms. The van der Waals surface area contributed by atoms with Crippen LogP contribution in [0.5, 0.6) is 0 Å². The lowest BCUT2D eigenvalue weighted by Crippen LogP contribution is -2.18. The molecule has 8 nitrogen and oxygen atoms in total. The number of benzene rings is 1. The Balaban J connectivity index is 2.45. The van der Waals surface area contributed by atoms with E-state index in [0.717, 1.165) is 0 Å². The quantitative estimate of drug-likeness (QED) is 0.426. The minimum Gasteiger partial charge on any atom is -0.373 e. The molecule has 2 N–H and O–H groups in total. The van der Waals surface area contributed by atoms with Crippen molar-refractivity contribution in [2.75, 3.05) is 0 Å². The molecule has 1 aromatic rings. The molecule has 0 aliphatic heterocycles. The van der Waals surface area contributed by atoms with Crippen molar-refractivity contribution in [2.45, 2.75) is 25.6 Å². The van der Waals surface area contributed by atoms with Gasteiger partial charge in [-0.25, -0.2) is 0 Å². The van der Waals surface area contributed by atoms with E-state index >= 15 is 0 Å². The Hall–Kier alpha value is -2.32. The number of nitrogens with zero attached hydrogens (tertiary/aromatic N) is 1. The highest BCUT2D eigenvalue weighted by Gasteiger charge is 2.12. The SMILES string of the molecule is NOC(=O)CCC(C=O)OCc1ccc([N+](=O)[O-])cc1. The molecule has 0 heterocycles. The van der Waals surface area contributed by atoms with Gasteiger partial charge >= 0.3 is 5.97 Å². The molecule has 0 spiro atoms. The summed E-state index contributed by atoms with van der Waals surface area (Å²) in [4.78, 5) is 35.5. The fraction of sp³-hybridized carbons (Fsp3) is 0.333. The fourth-order valence-corrected chi connectivity index (χ4v) is 1.43. The van der Waals surface area contributed by atoms with Gasteiger partial charge in [-0.1, -0.05) is 0 Å². The average molecular weight is 282 g/mol. The zero-order valence-electron chi connectivity index (χ0n) is 10.6. The number of carbonyl (C=O) groups excluding carboxylic acids is 2. The Morgan fingerprint density at radius 2 is 2.05 bits per heavy atom. The molecule has 1 atom stereocenters. The van der Waals surface area contributed by atoms with E-state index in [1.54, 1.807) is 0 Å². The summed E-state index contributed by atoms with van der Waals surface area (Å²) < 4.78 is 5.29. The predicted octanol–water partition coefficient (Wildman–Crippen LogP) is 0.876. The van der Waals surface area contributed by atoms with Crippen molar-refractivity contribution >= 4 is 17.9 Å². The molecule has 0 saturated carbocycles. The number of hydrogen-bond donors (Lipinski definition) is 1. The van der Waals surface area contributed by atoms with Crippen LogP contribution in [0.15, 0.2) is 24.3 Å². The maximum atomic E-state index is 10.8. The third-order valence-electron chi connectivity index (χ3n) is 2.53. The van der Waals surface area contributed by atoms with Gasteiger partial charge in [0.15, 0.2) is 0 Å². The van der Waals surface area contributed by atoms with E-state index in [1.165, 1.54) is 24.3 Å². The van der Waals surface area contributed by atoms with E-state index < -0.39 is 17.0 Å². The Labute approximate surface area is 114 Å². The van der Waals surface area contributed by atoms with Crippen LogP contribution in [0.25, 0.3) is 0 Å². The number of non-ortho nitro benzene ring substituents is 1. The number of rotatable bonds is 8. The lowest BCUT2D eigenvalue weighted by Gasteiger charge is -2.11. The predicted molar refractivity (Wildman–Crippen MR) is 67.3 cm³/mol. The molecule has 0 fully saturated rings. The second-order valence-corrected chi connectivity index (χ2v) is 3.94. The van der Waals surface area contributed by atoms with E-state index in [0.29, 0.717) is 11.8 Å². The number of aldehydes is 1. The molecule has 20 heavy (non-hydrogen) atoms. The van der Waals surface area contributed by atoms with Gasteiger partial charge in [0.25, 0.3) is 5.69 Å².